The zero-order valence-electron chi connectivity index (χ0n) is 15.5. The molecule has 2 fully saturated rings. The number of carbonyl (C=O) groups excluding carboxylic acids is 2. The van der Waals surface area contributed by atoms with Crippen LogP contribution in [0.1, 0.15) is 17.4 Å². The van der Waals surface area contributed by atoms with Gasteiger partial charge in [0, 0.05) is 52.4 Å². The van der Waals surface area contributed by atoms with Gasteiger partial charge >= 0.3 is 0 Å². The summed E-state index contributed by atoms with van der Waals surface area (Å²) < 4.78 is 12.3. The highest BCUT2D eigenvalue weighted by Crippen LogP contribution is 2.15. The van der Waals surface area contributed by atoms with E-state index in [-0.39, 0.29) is 18.4 Å². The molecule has 26 heavy (non-hydrogen) atoms. The fraction of sp³-hybridized carbons (Fsp3) is 0.706. The number of morpholine rings is 1. The van der Waals surface area contributed by atoms with Gasteiger partial charge in [-0.1, -0.05) is 6.92 Å². The maximum absolute atomic E-state index is 12.6. The van der Waals surface area contributed by atoms with Crippen LogP contribution in [0.5, 0.6) is 5.88 Å². The number of likely N-dealkylation sites (N-methyl/N-ethyl adjacent to an activating group) is 1. The average molecular weight is 365 g/mol. The number of ether oxygens (including phenoxy) is 2. The number of piperazine rings is 1. The van der Waals surface area contributed by atoms with Crippen LogP contribution in [0.4, 0.5) is 0 Å². The van der Waals surface area contributed by atoms with Gasteiger partial charge in [0.1, 0.15) is 0 Å². The van der Waals surface area contributed by atoms with E-state index in [2.05, 4.69) is 16.9 Å². The Bertz CT molecular complexity index is 633. The van der Waals surface area contributed by atoms with Crippen LogP contribution in [0.3, 0.4) is 0 Å². The topological polar surface area (TPSA) is 80.1 Å². The summed E-state index contributed by atoms with van der Waals surface area (Å²) in [4.78, 5) is 30.7. The summed E-state index contributed by atoms with van der Waals surface area (Å²) in [5.74, 6) is 0.242. The third-order valence-corrected chi connectivity index (χ3v) is 4.87. The van der Waals surface area contributed by atoms with E-state index in [1.54, 1.807) is 18.0 Å². The first-order valence-corrected chi connectivity index (χ1v) is 9.12. The zero-order chi connectivity index (χ0) is 18.5. The largest absolute Gasteiger partial charge is 0.468 e. The van der Waals surface area contributed by atoms with Gasteiger partial charge in [-0.2, -0.15) is 5.10 Å². The number of carbonyl (C=O) groups is 2. The second-order valence-corrected chi connectivity index (χ2v) is 6.50. The standard InChI is InChI=1S/C17H27N5O4/c1-3-20-4-6-22(7-5-20)17(24)14-12-16(19(2)18-14)26-13-15(23)21-8-10-25-11-9-21/h12H,3-11,13H2,1-2H3. The molecular formula is C17H27N5O4. The monoisotopic (exact) mass is 365 g/mol. The lowest BCUT2D eigenvalue weighted by molar-refractivity contribution is -0.137. The van der Waals surface area contributed by atoms with Crippen LogP contribution in [0.15, 0.2) is 6.07 Å². The molecule has 0 aromatic carbocycles. The molecule has 1 aromatic rings. The number of nitrogens with zero attached hydrogens (tertiary/aromatic N) is 5. The second-order valence-electron chi connectivity index (χ2n) is 6.50. The molecule has 2 amide bonds. The summed E-state index contributed by atoms with van der Waals surface area (Å²) in [7, 11) is 1.71. The summed E-state index contributed by atoms with van der Waals surface area (Å²) >= 11 is 0. The summed E-state index contributed by atoms with van der Waals surface area (Å²) in [6, 6.07) is 1.61. The van der Waals surface area contributed by atoms with E-state index in [0.717, 1.165) is 19.6 Å². The number of hydrogen-bond donors (Lipinski definition) is 0. The third kappa shape index (κ3) is 4.34. The number of hydrogen-bond acceptors (Lipinski definition) is 6. The maximum atomic E-state index is 12.6. The number of aromatic nitrogens is 2. The van der Waals surface area contributed by atoms with Crippen molar-refractivity contribution in [2.24, 2.45) is 7.05 Å². The molecule has 0 aliphatic carbocycles. The minimum Gasteiger partial charge on any atom is -0.468 e. The first-order chi connectivity index (χ1) is 12.6. The van der Waals surface area contributed by atoms with Crippen molar-refractivity contribution < 1.29 is 19.1 Å². The van der Waals surface area contributed by atoms with E-state index in [1.807, 2.05) is 4.90 Å². The molecule has 0 unspecified atom stereocenters. The fourth-order valence-corrected chi connectivity index (χ4v) is 3.16. The first-order valence-electron chi connectivity index (χ1n) is 9.12. The summed E-state index contributed by atoms with van der Waals surface area (Å²) in [5.41, 5.74) is 0.353. The van der Waals surface area contributed by atoms with Crippen LogP contribution in [-0.2, 0) is 16.6 Å². The van der Waals surface area contributed by atoms with E-state index in [1.165, 1.54) is 4.68 Å². The van der Waals surface area contributed by atoms with Crippen LogP contribution >= 0.6 is 0 Å². The molecule has 2 aliphatic rings. The highest BCUT2D eigenvalue weighted by atomic mass is 16.5. The van der Waals surface area contributed by atoms with Gasteiger partial charge in [-0.25, -0.2) is 4.68 Å². The zero-order valence-corrected chi connectivity index (χ0v) is 15.5. The molecule has 0 radical (unpaired) electrons. The van der Waals surface area contributed by atoms with E-state index in [4.69, 9.17) is 9.47 Å². The highest BCUT2D eigenvalue weighted by molar-refractivity contribution is 5.92. The molecule has 0 N–H and O–H groups in total. The Morgan fingerprint density at radius 2 is 1.81 bits per heavy atom. The molecule has 2 aliphatic heterocycles. The molecule has 0 atom stereocenters. The number of rotatable bonds is 5. The summed E-state index contributed by atoms with van der Waals surface area (Å²) in [5, 5.41) is 4.26. The average Bonchev–Trinajstić information content (AvgIpc) is 3.07. The lowest BCUT2D eigenvalue weighted by atomic mass is 10.3. The van der Waals surface area contributed by atoms with Crippen LogP contribution in [-0.4, -0.2) is 102 Å². The molecule has 0 bridgehead atoms. The van der Waals surface area contributed by atoms with Gasteiger partial charge in [-0.05, 0) is 6.54 Å². The van der Waals surface area contributed by atoms with Crippen molar-refractivity contribution in [1.29, 1.82) is 0 Å². The Morgan fingerprint density at radius 1 is 1.12 bits per heavy atom. The third-order valence-electron chi connectivity index (χ3n) is 4.87. The molecule has 1 aromatic heterocycles. The van der Waals surface area contributed by atoms with Crippen molar-refractivity contribution in [3.63, 3.8) is 0 Å². The molecule has 0 saturated carbocycles. The highest BCUT2D eigenvalue weighted by Gasteiger charge is 2.24. The summed E-state index contributed by atoms with van der Waals surface area (Å²) in [6.45, 7) is 8.51. The normalized spacial score (nSPS) is 18.8. The number of amides is 2. The second kappa shape index (κ2) is 8.50. The predicted molar refractivity (Wildman–Crippen MR) is 94.1 cm³/mol. The Hall–Kier alpha value is -2.13. The molecule has 0 spiro atoms. The van der Waals surface area contributed by atoms with Crippen LogP contribution in [0, 0.1) is 0 Å². The van der Waals surface area contributed by atoms with Gasteiger partial charge in [0.25, 0.3) is 11.8 Å². The molecule has 144 valence electrons. The van der Waals surface area contributed by atoms with Crippen molar-refractivity contribution in [3.8, 4) is 5.88 Å². The van der Waals surface area contributed by atoms with Gasteiger partial charge in [-0.3, -0.25) is 9.59 Å². The molecule has 3 heterocycles. The van der Waals surface area contributed by atoms with Crippen LogP contribution in [0.2, 0.25) is 0 Å². The number of aryl methyl sites for hydroxylation is 1. The van der Waals surface area contributed by atoms with Crippen LogP contribution in [0.25, 0.3) is 0 Å². The Morgan fingerprint density at radius 3 is 2.46 bits per heavy atom. The van der Waals surface area contributed by atoms with Crippen molar-refractivity contribution in [2.75, 3.05) is 65.6 Å². The Balaban J connectivity index is 1.55. The van der Waals surface area contributed by atoms with Gasteiger partial charge in [0.2, 0.25) is 5.88 Å². The molecule has 2 saturated heterocycles. The van der Waals surface area contributed by atoms with E-state index >= 15 is 0 Å². The smallest absolute Gasteiger partial charge is 0.274 e. The van der Waals surface area contributed by atoms with Gasteiger partial charge in [-0.15, -0.1) is 0 Å². The van der Waals surface area contributed by atoms with Crippen molar-refractivity contribution in [1.82, 2.24) is 24.5 Å². The Labute approximate surface area is 153 Å². The lowest BCUT2D eigenvalue weighted by Crippen LogP contribution is -2.48. The first kappa shape index (κ1) is 18.7. The van der Waals surface area contributed by atoms with Crippen LogP contribution < -0.4 is 4.74 Å². The predicted octanol–water partition coefficient (Wildman–Crippen LogP) is -0.565. The SMILES string of the molecule is CCN1CCN(C(=O)c2cc(OCC(=O)N3CCOCC3)n(C)n2)CC1. The Kier molecular flexibility index (Phi) is 6.10. The van der Waals surface area contributed by atoms with E-state index in [9.17, 15) is 9.59 Å². The van der Waals surface area contributed by atoms with Crippen molar-refractivity contribution >= 4 is 11.8 Å². The molecule has 3 rings (SSSR count). The molecule has 9 nitrogen and oxygen atoms in total. The summed E-state index contributed by atoms with van der Waals surface area (Å²) in [6.07, 6.45) is 0. The van der Waals surface area contributed by atoms with Gasteiger partial charge < -0.3 is 24.2 Å². The van der Waals surface area contributed by atoms with Crippen molar-refractivity contribution in [3.05, 3.63) is 11.8 Å². The van der Waals surface area contributed by atoms with E-state index < -0.39 is 0 Å². The fourth-order valence-electron chi connectivity index (χ4n) is 3.16. The minimum atomic E-state index is -0.0919. The van der Waals surface area contributed by atoms with E-state index in [0.29, 0.717) is 51.0 Å². The molecule has 9 heteroatoms. The maximum Gasteiger partial charge on any atom is 0.274 e. The van der Waals surface area contributed by atoms with Gasteiger partial charge in [0.05, 0.1) is 13.2 Å². The minimum absolute atomic E-state index is 0.0671. The molecular weight excluding hydrogens is 338 g/mol. The van der Waals surface area contributed by atoms with Gasteiger partial charge in [0.15, 0.2) is 12.3 Å². The van der Waals surface area contributed by atoms with Crippen molar-refractivity contribution in [2.45, 2.75) is 6.92 Å². The quantitative estimate of drug-likeness (QED) is 0.696. The lowest BCUT2D eigenvalue weighted by Gasteiger charge is -2.33.